The molecule has 2 rings (SSSR count). The summed E-state index contributed by atoms with van der Waals surface area (Å²) in [7, 11) is 1.98. The van der Waals surface area contributed by atoms with Crippen LogP contribution in [0, 0.1) is 5.82 Å². The molecule has 0 amide bonds. The normalized spacial score (nSPS) is 13.4. The molecule has 1 heterocycles. The van der Waals surface area contributed by atoms with E-state index in [0.29, 0.717) is 0 Å². The molecule has 1 nitrogen and oxygen atoms in total. The van der Waals surface area contributed by atoms with Crippen LogP contribution in [-0.2, 0) is 11.8 Å². The second-order valence-corrected chi connectivity index (χ2v) is 7.32. The predicted octanol–water partition coefficient (Wildman–Crippen LogP) is 4.76. The molecule has 0 radical (unpaired) electrons. The molecule has 0 saturated carbocycles. The molecule has 0 aliphatic rings. The molecule has 0 spiro atoms. The predicted molar refractivity (Wildman–Crippen MR) is 88.0 cm³/mol. The first-order valence-electron chi connectivity index (χ1n) is 6.60. The van der Waals surface area contributed by atoms with E-state index in [0.717, 1.165) is 16.5 Å². The smallest absolute Gasteiger partial charge is 0.123 e. The first kappa shape index (κ1) is 15.7. The molecular weight excluding hydrogens is 337 g/mol. The van der Waals surface area contributed by atoms with Gasteiger partial charge in [-0.2, -0.15) is 0 Å². The zero-order valence-corrected chi connectivity index (χ0v) is 14.3. The van der Waals surface area contributed by atoms with Crippen molar-refractivity contribution in [1.29, 1.82) is 0 Å². The third-order valence-electron chi connectivity index (χ3n) is 3.89. The van der Waals surface area contributed by atoms with E-state index in [1.54, 1.807) is 11.3 Å². The molecule has 0 aliphatic carbocycles. The van der Waals surface area contributed by atoms with E-state index in [2.05, 4.69) is 46.5 Å². The Morgan fingerprint density at radius 3 is 2.40 bits per heavy atom. The molecule has 2 aromatic rings. The molecule has 1 aromatic carbocycles. The topological polar surface area (TPSA) is 12.0 Å². The third kappa shape index (κ3) is 3.30. The van der Waals surface area contributed by atoms with Crippen molar-refractivity contribution < 1.29 is 4.39 Å². The zero-order valence-electron chi connectivity index (χ0n) is 11.9. The van der Waals surface area contributed by atoms with E-state index >= 15 is 0 Å². The Balaban J connectivity index is 2.25. The molecule has 0 bridgehead atoms. The molecular formula is C16H19BrFNS. The van der Waals surface area contributed by atoms with E-state index in [4.69, 9.17) is 0 Å². The van der Waals surface area contributed by atoms with Gasteiger partial charge in [0.2, 0.25) is 0 Å². The maximum Gasteiger partial charge on any atom is 0.123 e. The van der Waals surface area contributed by atoms with Gasteiger partial charge < -0.3 is 5.32 Å². The number of thiophene rings is 1. The van der Waals surface area contributed by atoms with Crippen LogP contribution in [0.5, 0.6) is 0 Å². The standard InChI is InChI=1S/C16H19BrFNS/c1-16(2,11-4-6-12(18)7-5-11)15(19-3)10-14-13(17)8-9-20-14/h4-9,15,19H,10H2,1-3H3. The number of nitrogens with one attached hydrogen (secondary N) is 1. The molecule has 108 valence electrons. The Bertz CT molecular complexity index is 562. The fourth-order valence-electron chi connectivity index (χ4n) is 2.45. The van der Waals surface area contributed by atoms with Crippen LogP contribution in [-0.4, -0.2) is 13.1 Å². The van der Waals surface area contributed by atoms with E-state index in [9.17, 15) is 4.39 Å². The Morgan fingerprint density at radius 1 is 1.25 bits per heavy atom. The van der Waals surface area contributed by atoms with E-state index < -0.39 is 0 Å². The van der Waals surface area contributed by atoms with Gasteiger partial charge in [0.25, 0.3) is 0 Å². The zero-order chi connectivity index (χ0) is 14.8. The first-order valence-corrected chi connectivity index (χ1v) is 8.27. The highest BCUT2D eigenvalue weighted by Crippen LogP contribution is 2.32. The molecule has 0 aliphatic heterocycles. The van der Waals surface area contributed by atoms with Crippen LogP contribution in [0.4, 0.5) is 4.39 Å². The van der Waals surface area contributed by atoms with Gasteiger partial charge in [0, 0.05) is 20.8 Å². The Hall–Kier alpha value is -0.710. The van der Waals surface area contributed by atoms with Crippen LogP contribution in [0.1, 0.15) is 24.3 Å². The lowest BCUT2D eigenvalue weighted by atomic mass is 9.76. The molecule has 1 unspecified atom stereocenters. The number of hydrogen-bond donors (Lipinski definition) is 1. The average molecular weight is 356 g/mol. The lowest BCUT2D eigenvalue weighted by Gasteiger charge is -2.35. The summed E-state index contributed by atoms with van der Waals surface area (Å²) in [6.45, 7) is 4.39. The number of benzene rings is 1. The van der Waals surface area contributed by atoms with Crippen molar-refractivity contribution >= 4 is 27.3 Å². The van der Waals surface area contributed by atoms with Crippen LogP contribution >= 0.6 is 27.3 Å². The summed E-state index contributed by atoms with van der Waals surface area (Å²) in [5.41, 5.74) is 1.07. The Labute approximate surface area is 132 Å². The second-order valence-electron chi connectivity index (χ2n) is 5.47. The maximum atomic E-state index is 13.1. The summed E-state index contributed by atoms with van der Waals surface area (Å²) in [6.07, 6.45) is 0.944. The van der Waals surface area contributed by atoms with Gasteiger partial charge in [-0.25, -0.2) is 4.39 Å². The minimum Gasteiger partial charge on any atom is -0.316 e. The number of halogens is 2. The lowest BCUT2D eigenvalue weighted by molar-refractivity contribution is 0.357. The second kappa shape index (κ2) is 6.37. The van der Waals surface area contributed by atoms with Crippen LogP contribution in [0.15, 0.2) is 40.2 Å². The SMILES string of the molecule is CNC(Cc1sccc1Br)C(C)(C)c1ccc(F)cc1. The maximum absolute atomic E-state index is 13.1. The van der Waals surface area contributed by atoms with Crippen molar-refractivity contribution in [2.75, 3.05) is 7.05 Å². The first-order chi connectivity index (χ1) is 9.45. The van der Waals surface area contributed by atoms with Crippen molar-refractivity contribution in [3.8, 4) is 0 Å². The molecule has 4 heteroatoms. The summed E-state index contributed by atoms with van der Waals surface area (Å²) < 4.78 is 14.3. The van der Waals surface area contributed by atoms with Gasteiger partial charge in [0.1, 0.15) is 5.82 Å². The summed E-state index contributed by atoms with van der Waals surface area (Å²) in [5.74, 6) is -0.188. The van der Waals surface area contributed by atoms with Gasteiger partial charge in [0.05, 0.1) is 0 Å². The number of rotatable bonds is 5. The number of likely N-dealkylation sites (N-methyl/N-ethyl adjacent to an activating group) is 1. The van der Waals surface area contributed by atoms with Crippen LogP contribution in [0.2, 0.25) is 0 Å². The fourth-order valence-corrected chi connectivity index (χ4v) is 4.02. The van der Waals surface area contributed by atoms with Gasteiger partial charge in [-0.15, -0.1) is 11.3 Å². The van der Waals surface area contributed by atoms with Crippen molar-refractivity contribution in [2.45, 2.75) is 31.7 Å². The van der Waals surface area contributed by atoms with E-state index in [1.807, 2.05) is 19.2 Å². The van der Waals surface area contributed by atoms with Crippen LogP contribution < -0.4 is 5.32 Å². The fraction of sp³-hybridized carbons (Fsp3) is 0.375. The van der Waals surface area contributed by atoms with Crippen molar-refractivity contribution in [2.24, 2.45) is 0 Å². The molecule has 0 saturated heterocycles. The summed E-state index contributed by atoms with van der Waals surface area (Å²) in [5, 5.41) is 5.51. The minimum atomic E-state index is -0.188. The highest BCUT2D eigenvalue weighted by Gasteiger charge is 2.31. The largest absolute Gasteiger partial charge is 0.316 e. The van der Waals surface area contributed by atoms with Gasteiger partial charge in [0.15, 0.2) is 0 Å². The highest BCUT2D eigenvalue weighted by atomic mass is 79.9. The summed E-state index contributed by atoms with van der Waals surface area (Å²) >= 11 is 5.35. The van der Waals surface area contributed by atoms with E-state index in [-0.39, 0.29) is 17.3 Å². The van der Waals surface area contributed by atoms with Gasteiger partial charge in [-0.3, -0.25) is 0 Å². The van der Waals surface area contributed by atoms with Gasteiger partial charge in [-0.1, -0.05) is 26.0 Å². The molecule has 1 atom stereocenters. The summed E-state index contributed by atoms with van der Waals surface area (Å²) in [4.78, 5) is 1.33. The van der Waals surface area contributed by atoms with Crippen molar-refractivity contribution in [1.82, 2.24) is 5.32 Å². The lowest BCUT2D eigenvalue weighted by Crippen LogP contribution is -2.44. The summed E-state index contributed by atoms with van der Waals surface area (Å²) in [6, 6.07) is 9.18. The third-order valence-corrected chi connectivity index (χ3v) is 5.84. The van der Waals surface area contributed by atoms with Gasteiger partial charge in [-0.05, 0) is 58.5 Å². The average Bonchev–Trinajstić information content (AvgIpc) is 2.81. The van der Waals surface area contributed by atoms with Crippen LogP contribution in [0.3, 0.4) is 0 Å². The number of hydrogen-bond acceptors (Lipinski definition) is 2. The van der Waals surface area contributed by atoms with Gasteiger partial charge >= 0.3 is 0 Å². The molecule has 0 fully saturated rings. The Kier molecular flexibility index (Phi) is 4.99. The minimum absolute atomic E-state index is 0.0775. The van der Waals surface area contributed by atoms with Crippen molar-refractivity contribution in [3.63, 3.8) is 0 Å². The molecule has 1 N–H and O–H groups in total. The molecule has 20 heavy (non-hydrogen) atoms. The van der Waals surface area contributed by atoms with E-state index in [1.165, 1.54) is 17.0 Å². The quantitative estimate of drug-likeness (QED) is 0.815. The Morgan fingerprint density at radius 2 is 1.90 bits per heavy atom. The van der Waals surface area contributed by atoms with Crippen LogP contribution in [0.25, 0.3) is 0 Å². The highest BCUT2D eigenvalue weighted by molar-refractivity contribution is 9.10. The van der Waals surface area contributed by atoms with Crippen molar-refractivity contribution in [3.05, 3.63) is 56.4 Å². The monoisotopic (exact) mass is 355 g/mol. The molecule has 1 aromatic heterocycles.